The Labute approximate surface area is 93.1 Å². The van der Waals surface area contributed by atoms with Gasteiger partial charge in [-0.15, -0.1) is 11.3 Å². The fourth-order valence-electron chi connectivity index (χ4n) is 1.88. The lowest BCUT2D eigenvalue weighted by molar-refractivity contribution is -0.119. The fourth-order valence-corrected chi connectivity index (χ4v) is 2.70. The van der Waals surface area contributed by atoms with E-state index in [2.05, 4.69) is 22.5 Å². The van der Waals surface area contributed by atoms with Crippen molar-refractivity contribution in [1.29, 1.82) is 0 Å². The van der Waals surface area contributed by atoms with Gasteiger partial charge in [-0.25, -0.2) is 4.98 Å². The molecular formula is C10H15N3OS. The quantitative estimate of drug-likeness (QED) is 0.806. The minimum absolute atomic E-state index is 0.140. The lowest BCUT2D eigenvalue weighted by Gasteiger charge is -2.17. The second-order valence-electron chi connectivity index (χ2n) is 3.90. The van der Waals surface area contributed by atoms with E-state index in [0.717, 1.165) is 12.2 Å². The molecule has 1 fully saturated rings. The summed E-state index contributed by atoms with van der Waals surface area (Å²) in [4.78, 5) is 16.5. The minimum Gasteiger partial charge on any atom is -0.354 e. The van der Waals surface area contributed by atoms with Gasteiger partial charge in [-0.1, -0.05) is 0 Å². The van der Waals surface area contributed by atoms with Crippen molar-refractivity contribution in [1.82, 2.24) is 15.6 Å². The first-order valence-electron chi connectivity index (χ1n) is 5.09. The van der Waals surface area contributed by atoms with Crippen LogP contribution in [0.4, 0.5) is 0 Å². The topological polar surface area (TPSA) is 54.0 Å². The van der Waals surface area contributed by atoms with E-state index in [9.17, 15) is 4.79 Å². The van der Waals surface area contributed by atoms with Crippen molar-refractivity contribution in [2.24, 2.45) is 0 Å². The summed E-state index contributed by atoms with van der Waals surface area (Å²) < 4.78 is 0. The number of rotatable bonds is 3. The lowest BCUT2D eigenvalue weighted by atomic mass is 10.2. The first-order chi connectivity index (χ1) is 7.16. The van der Waals surface area contributed by atoms with Crippen LogP contribution < -0.4 is 10.6 Å². The smallest absolute Gasteiger partial charge is 0.221 e. The molecule has 0 aromatic carbocycles. The van der Waals surface area contributed by atoms with Crippen molar-refractivity contribution in [2.75, 3.05) is 6.54 Å². The highest BCUT2D eigenvalue weighted by Crippen LogP contribution is 2.22. The number of amides is 1. The second-order valence-corrected chi connectivity index (χ2v) is 4.78. The van der Waals surface area contributed by atoms with Gasteiger partial charge in [0.15, 0.2) is 0 Å². The average molecular weight is 225 g/mol. The molecule has 2 rings (SSSR count). The summed E-state index contributed by atoms with van der Waals surface area (Å²) in [6.45, 7) is 4.87. The van der Waals surface area contributed by atoms with E-state index in [1.807, 2.05) is 12.4 Å². The molecule has 1 aliphatic rings. The van der Waals surface area contributed by atoms with Crippen LogP contribution in [0.5, 0.6) is 0 Å². The van der Waals surface area contributed by atoms with Crippen molar-refractivity contribution in [2.45, 2.75) is 32.4 Å². The maximum atomic E-state index is 11.0. The van der Waals surface area contributed by atoms with Crippen LogP contribution in [0.2, 0.25) is 0 Å². The molecule has 0 saturated carbocycles. The van der Waals surface area contributed by atoms with Crippen LogP contribution in [-0.4, -0.2) is 23.5 Å². The molecule has 0 aliphatic carbocycles. The van der Waals surface area contributed by atoms with Crippen molar-refractivity contribution < 1.29 is 4.79 Å². The van der Waals surface area contributed by atoms with Crippen molar-refractivity contribution in [3.63, 3.8) is 0 Å². The molecular weight excluding hydrogens is 210 g/mol. The molecule has 0 spiro atoms. The monoisotopic (exact) mass is 225 g/mol. The fraction of sp³-hybridized carbons (Fsp3) is 0.600. The van der Waals surface area contributed by atoms with Crippen LogP contribution in [-0.2, 0) is 4.79 Å². The predicted molar refractivity (Wildman–Crippen MR) is 59.8 cm³/mol. The van der Waals surface area contributed by atoms with Crippen LogP contribution in [0.1, 0.15) is 30.0 Å². The highest BCUT2D eigenvalue weighted by atomic mass is 32.1. The molecule has 2 N–H and O–H groups in total. The minimum atomic E-state index is 0.140. The maximum Gasteiger partial charge on any atom is 0.221 e. The Morgan fingerprint density at radius 1 is 1.73 bits per heavy atom. The zero-order chi connectivity index (χ0) is 10.8. The third-order valence-electron chi connectivity index (χ3n) is 2.64. The van der Waals surface area contributed by atoms with Gasteiger partial charge in [0.05, 0.1) is 11.2 Å². The molecule has 1 amide bonds. The Morgan fingerprint density at radius 2 is 2.53 bits per heavy atom. The van der Waals surface area contributed by atoms with Crippen molar-refractivity contribution >= 4 is 17.2 Å². The summed E-state index contributed by atoms with van der Waals surface area (Å²) in [5, 5.41) is 6.26. The number of thiazole rings is 1. The standard InChI is InChI=1S/C10H15N3OS/c1-6-10(15-5-12-6)7(2)13-8-3-9(14)11-4-8/h5,7-8,13H,3-4H2,1-2H3,(H,11,14). The van der Waals surface area contributed by atoms with Crippen molar-refractivity contribution in [3.8, 4) is 0 Å². The Kier molecular flexibility index (Phi) is 3.02. The largest absolute Gasteiger partial charge is 0.354 e. The molecule has 2 heterocycles. The molecule has 1 aromatic rings. The van der Waals surface area contributed by atoms with Crippen molar-refractivity contribution in [3.05, 3.63) is 16.1 Å². The Morgan fingerprint density at radius 3 is 3.07 bits per heavy atom. The molecule has 2 atom stereocenters. The first-order valence-corrected chi connectivity index (χ1v) is 5.97. The van der Waals surface area contributed by atoms with E-state index < -0.39 is 0 Å². The number of nitrogens with zero attached hydrogens (tertiary/aromatic N) is 1. The molecule has 1 saturated heterocycles. The van der Waals surface area contributed by atoms with Gasteiger partial charge in [-0.3, -0.25) is 4.79 Å². The van der Waals surface area contributed by atoms with Crippen LogP contribution in [0, 0.1) is 6.92 Å². The van der Waals surface area contributed by atoms with E-state index in [4.69, 9.17) is 0 Å². The SMILES string of the molecule is Cc1ncsc1C(C)NC1CNC(=O)C1. The molecule has 4 nitrogen and oxygen atoms in total. The number of carbonyl (C=O) groups excluding carboxylic acids is 1. The summed E-state index contributed by atoms with van der Waals surface area (Å²) in [5.74, 6) is 0.140. The second kappa shape index (κ2) is 4.28. The predicted octanol–water partition coefficient (Wildman–Crippen LogP) is 0.991. The van der Waals surface area contributed by atoms with E-state index in [-0.39, 0.29) is 18.0 Å². The van der Waals surface area contributed by atoms with E-state index in [1.54, 1.807) is 11.3 Å². The highest BCUT2D eigenvalue weighted by Gasteiger charge is 2.23. The molecule has 5 heteroatoms. The van der Waals surface area contributed by atoms with Gasteiger partial charge in [0, 0.05) is 29.9 Å². The molecule has 2 unspecified atom stereocenters. The number of nitrogens with one attached hydrogen (secondary N) is 2. The Balaban J connectivity index is 1.95. The van der Waals surface area contributed by atoms with Crippen LogP contribution >= 0.6 is 11.3 Å². The molecule has 0 bridgehead atoms. The van der Waals surface area contributed by atoms with E-state index in [1.165, 1.54) is 4.88 Å². The number of aromatic nitrogens is 1. The van der Waals surface area contributed by atoms with Gasteiger partial charge in [-0.05, 0) is 13.8 Å². The summed E-state index contributed by atoms with van der Waals surface area (Å²) in [6, 6.07) is 0.532. The van der Waals surface area contributed by atoms with E-state index in [0.29, 0.717) is 6.42 Å². The molecule has 1 aliphatic heterocycles. The highest BCUT2D eigenvalue weighted by molar-refractivity contribution is 7.09. The van der Waals surface area contributed by atoms with Crippen LogP contribution in [0.15, 0.2) is 5.51 Å². The Hall–Kier alpha value is -0.940. The number of carbonyl (C=O) groups is 1. The van der Waals surface area contributed by atoms with Gasteiger partial charge in [0.1, 0.15) is 0 Å². The van der Waals surface area contributed by atoms with Gasteiger partial charge >= 0.3 is 0 Å². The lowest BCUT2D eigenvalue weighted by Crippen LogP contribution is -2.33. The third kappa shape index (κ3) is 2.35. The number of hydrogen-bond donors (Lipinski definition) is 2. The van der Waals surface area contributed by atoms with Gasteiger partial charge in [0.25, 0.3) is 0 Å². The first kappa shape index (κ1) is 10.6. The molecule has 15 heavy (non-hydrogen) atoms. The van der Waals surface area contributed by atoms with E-state index >= 15 is 0 Å². The Bertz CT molecular complexity index is 363. The number of aryl methyl sites for hydroxylation is 1. The van der Waals surface area contributed by atoms with Crippen LogP contribution in [0.25, 0.3) is 0 Å². The van der Waals surface area contributed by atoms with Gasteiger partial charge in [0.2, 0.25) is 5.91 Å². The number of hydrogen-bond acceptors (Lipinski definition) is 4. The third-order valence-corrected chi connectivity index (χ3v) is 3.75. The molecule has 1 aromatic heterocycles. The summed E-state index contributed by atoms with van der Waals surface area (Å²) in [7, 11) is 0. The maximum absolute atomic E-state index is 11.0. The zero-order valence-corrected chi connectivity index (χ0v) is 9.73. The summed E-state index contributed by atoms with van der Waals surface area (Å²) in [6.07, 6.45) is 0.586. The summed E-state index contributed by atoms with van der Waals surface area (Å²) in [5.41, 5.74) is 2.94. The average Bonchev–Trinajstić information content (AvgIpc) is 2.75. The zero-order valence-electron chi connectivity index (χ0n) is 8.91. The molecule has 82 valence electrons. The molecule has 0 radical (unpaired) electrons. The van der Waals surface area contributed by atoms with Crippen LogP contribution in [0.3, 0.4) is 0 Å². The normalized spacial score (nSPS) is 22.8. The summed E-state index contributed by atoms with van der Waals surface area (Å²) >= 11 is 1.66. The van der Waals surface area contributed by atoms with Gasteiger partial charge in [-0.2, -0.15) is 0 Å². The van der Waals surface area contributed by atoms with Gasteiger partial charge < -0.3 is 10.6 Å².